The number of thioether (sulfide) groups is 1. The molecule has 4 heteroatoms. The lowest BCUT2D eigenvalue weighted by molar-refractivity contribution is 0.718. The van der Waals surface area contributed by atoms with Gasteiger partial charge in [-0.05, 0) is 29.9 Å². The molecule has 0 saturated heterocycles. The van der Waals surface area contributed by atoms with Gasteiger partial charge in [-0.3, -0.25) is 0 Å². The fourth-order valence-electron chi connectivity index (χ4n) is 2.02. The summed E-state index contributed by atoms with van der Waals surface area (Å²) in [6.45, 7) is 3.16. The van der Waals surface area contributed by atoms with Gasteiger partial charge < -0.3 is 4.90 Å². The van der Waals surface area contributed by atoms with E-state index in [2.05, 4.69) is 53.3 Å². The van der Waals surface area contributed by atoms with Gasteiger partial charge in [0.25, 0.3) is 0 Å². The molecule has 0 aliphatic rings. The van der Waals surface area contributed by atoms with Gasteiger partial charge in [0.2, 0.25) is 0 Å². The van der Waals surface area contributed by atoms with Crippen LogP contribution in [0.4, 0.5) is 5.82 Å². The lowest BCUT2D eigenvalue weighted by Crippen LogP contribution is -2.24. The lowest BCUT2D eigenvalue weighted by atomic mass is 10.0. The maximum Gasteiger partial charge on any atom is 0.151 e. The van der Waals surface area contributed by atoms with E-state index >= 15 is 0 Å². The van der Waals surface area contributed by atoms with E-state index in [1.165, 1.54) is 5.56 Å². The molecule has 1 heterocycles. The zero-order chi connectivity index (χ0) is 13.7. The molecule has 0 saturated carbocycles. The highest BCUT2D eigenvalue weighted by molar-refractivity contribution is 7.98. The predicted octanol–water partition coefficient (Wildman–Crippen LogP) is 3.44. The van der Waals surface area contributed by atoms with Crippen molar-refractivity contribution in [2.45, 2.75) is 17.9 Å². The number of nitrogens with zero attached hydrogens (tertiary/aromatic N) is 3. The van der Waals surface area contributed by atoms with Crippen molar-refractivity contribution >= 4 is 17.6 Å². The fourth-order valence-corrected chi connectivity index (χ4v) is 2.34. The van der Waals surface area contributed by atoms with E-state index in [9.17, 15) is 0 Å². The number of likely N-dealkylation sites (N-methyl/N-ethyl adjacent to an activating group) is 1. The topological polar surface area (TPSA) is 29.0 Å². The summed E-state index contributed by atoms with van der Waals surface area (Å²) in [4.78, 5) is 2.15. The average Bonchev–Trinajstić information content (AvgIpc) is 2.48. The van der Waals surface area contributed by atoms with E-state index in [4.69, 9.17) is 0 Å². The first-order valence-electron chi connectivity index (χ1n) is 6.34. The Kier molecular flexibility index (Phi) is 4.80. The highest BCUT2D eigenvalue weighted by atomic mass is 32.2. The second-order valence-electron chi connectivity index (χ2n) is 4.63. The minimum Gasteiger partial charge on any atom is -0.358 e. The Morgan fingerprint density at radius 2 is 1.84 bits per heavy atom. The summed E-state index contributed by atoms with van der Waals surface area (Å²) in [5.74, 6) is 1.38. The third-order valence-corrected chi connectivity index (χ3v) is 3.78. The van der Waals surface area contributed by atoms with Crippen molar-refractivity contribution in [1.82, 2.24) is 10.2 Å². The van der Waals surface area contributed by atoms with Crippen molar-refractivity contribution in [2.24, 2.45) is 0 Å². The summed E-state index contributed by atoms with van der Waals surface area (Å²) in [6, 6.07) is 14.6. The molecule has 0 N–H and O–H groups in total. The lowest BCUT2D eigenvalue weighted by Gasteiger charge is -2.22. The summed E-state index contributed by atoms with van der Waals surface area (Å²) in [7, 11) is 2.06. The second-order valence-corrected chi connectivity index (χ2v) is 5.45. The van der Waals surface area contributed by atoms with E-state index in [0.717, 1.165) is 17.4 Å². The summed E-state index contributed by atoms with van der Waals surface area (Å²) in [6.07, 6.45) is 2.00. The number of anilines is 1. The van der Waals surface area contributed by atoms with Crippen LogP contribution in [-0.4, -0.2) is 30.0 Å². The molecule has 0 bridgehead atoms. The Morgan fingerprint density at radius 1 is 1.11 bits per heavy atom. The van der Waals surface area contributed by atoms with E-state index < -0.39 is 0 Å². The Labute approximate surface area is 119 Å². The molecule has 0 aliphatic heterocycles. The van der Waals surface area contributed by atoms with Crippen LogP contribution in [0.15, 0.2) is 47.5 Å². The molecule has 3 nitrogen and oxygen atoms in total. The zero-order valence-electron chi connectivity index (χ0n) is 11.6. The van der Waals surface area contributed by atoms with Crippen molar-refractivity contribution in [3.05, 3.63) is 48.0 Å². The van der Waals surface area contributed by atoms with E-state index in [0.29, 0.717) is 5.92 Å². The smallest absolute Gasteiger partial charge is 0.151 e. The number of hydrogen-bond donors (Lipinski definition) is 0. The number of benzene rings is 1. The molecule has 1 aromatic carbocycles. The monoisotopic (exact) mass is 273 g/mol. The highest BCUT2D eigenvalue weighted by Crippen LogP contribution is 2.19. The van der Waals surface area contributed by atoms with Gasteiger partial charge in [0, 0.05) is 13.6 Å². The quantitative estimate of drug-likeness (QED) is 0.780. The van der Waals surface area contributed by atoms with Gasteiger partial charge in [0.15, 0.2) is 5.82 Å². The first-order valence-corrected chi connectivity index (χ1v) is 7.57. The Balaban J connectivity index is 2.02. The fraction of sp³-hybridized carbons (Fsp3) is 0.333. The minimum absolute atomic E-state index is 0.466. The van der Waals surface area contributed by atoms with Crippen molar-refractivity contribution in [2.75, 3.05) is 24.7 Å². The molecule has 0 fully saturated rings. The molecule has 0 aliphatic carbocycles. The molecular formula is C15H19N3S. The molecule has 19 heavy (non-hydrogen) atoms. The largest absolute Gasteiger partial charge is 0.358 e. The summed E-state index contributed by atoms with van der Waals surface area (Å²) in [5.41, 5.74) is 1.35. The Hall–Kier alpha value is -1.55. The van der Waals surface area contributed by atoms with Crippen LogP contribution in [-0.2, 0) is 0 Å². The van der Waals surface area contributed by atoms with Gasteiger partial charge in [-0.15, -0.1) is 22.0 Å². The van der Waals surface area contributed by atoms with Crippen molar-refractivity contribution in [1.29, 1.82) is 0 Å². The average molecular weight is 273 g/mol. The van der Waals surface area contributed by atoms with Gasteiger partial charge in [0.05, 0.1) is 0 Å². The van der Waals surface area contributed by atoms with Gasteiger partial charge in [0.1, 0.15) is 5.03 Å². The Bertz CT molecular complexity index is 499. The zero-order valence-corrected chi connectivity index (χ0v) is 12.4. The van der Waals surface area contributed by atoms with Gasteiger partial charge in [-0.25, -0.2) is 0 Å². The second kappa shape index (κ2) is 6.57. The molecular weight excluding hydrogens is 254 g/mol. The van der Waals surface area contributed by atoms with Crippen LogP contribution < -0.4 is 4.90 Å². The van der Waals surface area contributed by atoms with Crippen molar-refractivity contribution in [3.8, 4) is 0 Å². The first kappa shape index (κ1) is 13.9. The van der Waals surface area contributed by atoms with Crippen LogP contribution in [0.1, 0.15) is 18.4 Å². The third-order valence-electron chi connectivity index (χ3n) is 3.14. The van der Waals surface area contributed by atoms with Gasteiger partial charge >= 0.3 is 0 Å². The molecule has 0 spiro atoms. The molecule has 0 unspecified atom stereocenters. The van der Waals surface area contributed by atoms with Crippen LogP contribution in [0.25, 0.3) is 0 Å². The van der Waals surface area contributed by atoms with Crippen LogP contribution >= 0.6 is 11.8 Å². The number of aromatic nitrogens is 2. The molecule has 2 aromatic rings. The summed E-state index contributed by atoms with van der Waals surface area (Å²) >= 11 is 1.61. The van der Waals surface area contributed by atoms with Crippen LogP contribution in [0.3, 0.4) is 0 Å². The van der Waals surface area contributed by atoms with E-state index in [1.807, 2.05) is 24.5 Å². The molecule has 1 aromatic heterocycles. The van der Waals surface area contributed by atoms with Gasteiger partial charge in [-0.1, -0.05) is 37.3 Å². The van der Waals surface area contributed by atoms with Crippen LogP contribution in [0.5, 0.6) is 0 Å². The summed E-state index contributed by atoms with van der Waals surface area (Å²) in [5, 5.41) is 9.37. The van der Waals surface area contributed by atoms with Crippen LogP contribution in [0.2, 0.25) is 0 Å². The maximum absolute atomic E-state index is 4.25. The van der Waals surface area contributed by atoms with E-state index in [-0.39, 0.29) is 0 Å². The third kappa shape index (κ3) is 3.70. The molecule has 2 rings (SSSR count). The first-order chi connectivity index (χ1) is 9.20. The summed E-state index contributed by atoms with van der Waals surface area (Å²) < 4.78 is 0. The van der Waals surface area contributed by atoms with Crippen molar-refractivity contribution in [3.63, 3.8) is 0 Å². The number of hydrogen-bond acceptors (Lipinski definition) is 4. The van der Waals surface area contributed by atoms with Crippen molar-refractivity contribution < 1.29 is 0 Å². The number of rotatable bonds is 5. The Morgan fingerprint density at radius 3 is 2.42 bits per heavy atom. The molecule has 100 valence electrons. The highest BCUT2D eigenvalue weighted by Gasteiger charge is 2.10. The molecule has 0 amide bonds. The van der Waals surface area contributed by atoms with E-state index in [1.54, 1.807) is 11.8 Å². The molecule has 1 atom stereocenters. The van der Waals surface area contributed by atoms with Crippen LogP contribution in [0, 0.1) is 0 Å². The van der Waals surface area contributed by atoms with Gasteiger partial charge in [-0.2, -0.15) is 0 Å². The maximum atomic E-state index is 4.25. The standard InChI is InChI=1S/C15H19N3S/c1-12(13-7-5-4-6-8-13)11-18(2)14-9-10-15(19-3)17-16-14/h4-10,12H,11H2,1-3H3/t12-/m0/s1. The normalized spacial score (nSPS) is 12.2. The predicted molar refractivity (Wildman–Crippen MR) is 81.9 cm³/mol. The molecule has 0 radical (unpaired) electrons. The SMILES string of the molecule is CSc1ccc(N(C)C[C@H](C)c2ccccc2)nn1. The minimum atomic E-state index is 0.466.